The van der Waals surface area contributed by atoms with E-state index in [2.05, 4.69) is 24.9 Å². The first-order valence-electron chi connectivity index (χ1n) is 6.66. The summed E-state index contributed by atoms with van der Waals surface area (Å²) in [6, 6.07) is 6.63. The Bertz CT molecular complexity index is 405. The van der Waals surface area contributed by atoms with Crippen LogP contribution >= 0.6 is 0 Å². The number of aromatic hydroxyl groups is 1. The highest BCUT2D eigenvalue weighted by atomic mass is 16.5. The minimum absolute atomic E-state index is 0.377. The largest absolute Gasteiger partial charge is 0.508 e. The number of likely N-dealkylation sites (N-methyl/N-ethyl adjacent to an activating group) is 1. The molecule has 0 spiro atoms. The zero-order valence-corrected chi connectivity index (χ0v) is 11.5. The van der Waals surface area contributed by atoms with E-state index in [-0.39, 0.29) is 0 Å². The van der Waals surface area contributed by atoms with Gasteiger partial charge in [-0.2, -0.15) is 0 Å². The van der Waals surface area contributed by atoms with Gasteiger partial charge in [0.15, 0.2) is 0 Å². The molecule has 0 heterocycles. The molecule has 2 atom stereocenters. The Kier molecular flexibility index (Phi) is 4.25. The van der Waals surface area contributed by atoms with Gasteiger partial charge in [0.05, 0.1) is 6.61 Å². The van der Waals surface area contributed by atoms with Crippen molar-refractivity contribution in [3.05, 3.63) is 29.3 Å². The first kappa shape index (κ1) is 13.4. The number of fused-ring (bicyclic) bond motifs is 1. The van der Waals surface area contributed by atoms with Gasteiger partial charge in [0.2, 0.25) is 0 Å². The van der Waals surface area contributed by atoms with Crippen molar-refractivity contribution in [2.24, 2.45) is 0 Å². The SMILES string of the molecule is COCC(C)N(C)C1CCCc2cc(O)ccc21. The van der Waals surface area contributed by atoms with E-state index >= 15 is 0 Å². The van der Waals surface area contributed by atoms with Crippen LogP contribution in [-0.2, 0) is 11.2 Å². The molecule has 100 valence electrons. The fourth-order valence-corrected chi connectivity index (χ4v) is 2.86. The normalized spacial score (nSPS) is 20.8. The lowest BCUT2D eigenvalue weighted by Gasteiger charge is -2.36. The van der Waals surface area contributed by atoms with Gasteiger partial charge >= 0.3 is 0 Å². The number of hydrogen-bond donors (Lipinski definition) is 1. The summed E-state index contributed by atoms with van der Waals surface area (Å²) in [5, 5.41) is 9.57. The third-order valence-electron chi connectivity index (χ3n) is 4.00. The molecule has 0 saturated carbocycles. The summed E-state index contributed by atoms with van der Waals surface area (Å²) in [6.07, 6.45) is 3.44. The Morgan fingerprint density at radius 1 is 1.50 bits per heavy atom. The summed E-state index contributed by atoms with van der Waals surface area (Å²) in [7, 11) is 3.91. The highest BCUT2D eigenvalue weighted by Gasteiger charge is 2.26. The number of nitrogens with zero attached hydrogens (tertiary/aromatic N) is 1. The average Bonchev–Trinajstić information content (AvgIpc) is 2.37. The van der Waals surface area contributed by atoms with Crippen LogP contribution in [0.25, 0.3) is 0 Å². The average molecular weight is 249 g/mol. The second kappa shape index (κ2) is 5.72. The van der Waals surface area contributed by atoms with E-state index in [4.69, 9.17) is 4.74 Å². The summed E-state index contributed by atoms with van der Waals surface area (Å²) in [5.41, 5.74) is 2.66. The third-order valence-corrected chi connectivity index (χ3v) is 4.00. The van der Waals surface area contributed by atoms with E-state index < -0.39 is 0 Å². The van der Waals surface area contributed by atoms with E-state index in [0.717, 1.165) is 13.0 Å². The Hall–Kier alpha value is -1.06. The second-order valence-corrected chi connectivity index (χ2v) is 5.26. The van der Waals surface area contributed by atoms with Crippen LogP contribution in [0.5, 0.6) is 5.75 Å². The molecule has 2 rings (SSSR count). The summed E-state index contributed by atoms with van der Waals surface area (Å²) in [4.78, 5) is 2.39. The number of phenols is 1. The van der Waals surface area contributed by atoms with Gasteiger partial charge < -0.3 is 9.84 Å². The highest BCUT2D eigenvalue weighted by molar-refractivity contribution is 5.38. The molecule has 1 aliphatic rings. The molecule has 0 amide bonds. The first-order valence-corrected chi connectivity index (χ1v) is 6.66. The summed E-state index contributed by atoms with van der Waals surface area (Å²) in [6.45, 7) is 2.94. The van der Waals surface area contributed by atoms with Crippen molar-refractivity contribution < 1.29 is 9.84 Å². The molecule has 18 heavy (non-hydrogen) atoms. The fourth-order valence-electron chi connectivity index (χ4n) is 2.86. The van der Waals surface area contributed by atoms with Crippen molar-refractivity contribution in [1.82, 2.24) is 4.90 Å². The van der Waals surface area contributed by atoms with Gasteiger partial charge in [0, 0.05) is 19.2 Å². The quantitative estimate of drug-likeness (QED) is 0.890. The number of ether oxygens (including phenoxy) is 1. The molecule has 0 aromatic heterocycles. The molecule has 1 aromatic rings. The standard InChI is InChI=1S/C15H23NO2/c1-11(10-18-3)16(2)15-6-4-5-12-9-13(17)7-8-14(12)15/h7-9,11,15,17H,4-6,10H2,1-3H3. The molecular formula is C15H23NO2. The number of aryl methyl sites for hydroxylation is 1. The van der Waals surface area contributed by atoms with Crippen LogP contribution in [0.1, 0.15) is 36.9 Å². The topological polar surface area (TPSA) is 32.7 Å². The molecule has 0 fully saturated rings. The lowest BCUT2D eigenvalue weighted by molar-refractivity contribution is 0.0829. The minimum Gasteiger partial charge on any atom is -0.508 e. The number of rotatable bonds is 4. The number of phenolic OH excluding ortho intramolecular Hbond substituents is 1. The number of benzene rings is 1. The molecule has 0 bridgehead atoms. The van der Waals surface area contributed by atoms with Crippen molar-refractivity contribution in [3.63, 3.8) is 0 Å². The van der Waals surface area contributed by atoms with Crippen LogP contribution in [-0.4, -0.2) is 36.8 Å². The zero-order valence-electron chi connectivity index (χ0n) is 11.5. The Balaban J connectivity index is 2.21. The molecular weight excluding hydrogens is 226 g/mol. The molecule has 0 radical (unpaired) electrons. The van der Waals surface area contributed by atoms with Crippen LogP contribution in [0.4, 0.5) is 0 Å². The first-order chi connectivity index (χ1) is 8.63. The van der Waals surface area contributed by atoms with E-state index in [1.165, 1.54) is 24.0 Å². The monoisotopic (exact) mass is 249 g/mol. The van der Waals surface area contributed by atoms with Gasteiger partial charge in [-0.05, 0) is 56.5 Å². The Morgan fingerprint density at radius 2 is 2.28 bits per heavy atom. The number of methoxy groups -OCH3 is 1. The lowest BCUT2D eigenvalue weighted by Crippen LogP contribution is -2.37. The highest BCUT2D eigenvalue weighted by Crippen LogP contribution is 2.35. The maximum Gasteiger partial charge on any atom is 0.115 e. The molecule has 1 aromatic carbocycles. The van der Waals surface area contributed by atoms with E-state index in [1.54, 1.807) is 13.2 Å². The van der Waals surface area contributed by atoms with Gasteiger partial charge in [-0.15, -0.1) is 0 Å². The van der Waals surface area contributed by atoms with Gasteiger partial charge in [-0.3, -0.25) is 4.90 Å². The Labute approximate surface area is 109 Å². The molecule has 1 N–H and O–H groups in total. The van der Waals surface area contributed by atoms with E-state index in [9.17, 15) is 5.11 Å². The van der Waals surface area contributed by atoms with E-state index in [1.807, 2.05) is 6.07 Å². The van der Waals surface area contributed by atoms with Crippen LogP contribution < -0.4 is 0 Å². The van der Waals surface area contributed by atoms with Gasteiger partial charge in [0.25, 0.3) is 0 Å². The smallest absolute Gasteiger partial charge is 0.115 e. The molecule has 3 nitrogen and oxygen atoms in total. The summed E-state index contributed by atoms with van der Waals surface area (Å²) < 4.78 is 5.24. The fraction of sp³-hybridized carbons (Fsp3) is 0.600. The summed E-state index contributed by atoms with van der Waals surface area (Å²) >= 11 is 0. The van der Waals surface area contributed by atoms with E-state index in [0.29, 0.717) is 17.8 Å². The van der Waals surface area contributed by atoms with Crippen molar-refractivity contribution >= 4 is 0 Å². The molecule has 0 aliphatic heterocycles. The minimum atomic E-state index is 0.377. The van der Waals surface area contributed by atoms with Gasteiger partial charge in [-0.1, -0.05) is 6.07 Å². The van der Waals surface area contributed by atoms with Crippen molar-refractivity contribution in [1.29, 1.82) is 0 Å². The molecule has 2 unspecified atom stereocenters. The predicted molar refractivity (Wildman–Crippen MR) is 72.9 cm³/mol. The second-order valence-electron chi connectivity index (χ2n) is 5.26. The van der Waals surface area contributed by atoms with Crippen molar-refractivity contribution in [2.45, 2.75) is 38.3 Å². The van der Waals surface area contributed by atoms with Crippen LogP contribution in [0.3, 0.4) is 0 Å². The van der Waals surface area contributed by atoms with Crippen molar-refractivity contribution in [2.75, 3.05) is 20.8 Å². The zero-order chi connectivity index (χ0) is 13.1. The third kappa shape index (κ3) is 2.68. The maximum absolute atomic E-state index is 9.57. The van der Waals surface area contributed by atoms with Gasteiger partial charge in [-0.25, -0.2) is 0 Å². The predicted octanol–water partition coefficient (Wildman–Crippen LogP) is 2.74. The summed E-state index contributed by atoms with van der Waals surface area (Å²) in [5.74, 6) is 0.377. The van der Waals surface area contributed by atoms with Gasteiger partial charge in [0.1, 0.15) is 5.75 Å². The lowest BCUT2D eigenvalue weighted by atomic mass is 9.86. The molecule has 1 aliphatic carbocycles. The van der Waals surface area contributed by atoms with Crippen LogP contribution in [0, 0.1) is 0 Å². The number of hydrogen-bond acceptors (Lipinski definition) is 3. The molecule has 0 saturated heterocycles. The van der Waals surface area contributed by atoms with Crippen LogP contribution in [0.15, 0.2) is 18.2 Å². The molecule has 3 heteroatoms. The Morgan fingerprint density at radius 3 is 3.00 bits per heavy atom. The maximum atomic E-state index is 9.57. The van der Waals surface area contributed by atoms with Crippen LogP contribution in [0.2, 0.25) is 0 Å². The van der Waals surface area contributed by atoms with Crippen molar-refractivity contribution in [3.8, 4) is 5.75 Å².